The maximum Gasteiger partial charge on any atom is 0.249 e. The molecule has 1 fully saturated rings. The van der Waals surface area contributed by atoms with Crippen LogP contribution < -0.4 is 14.5 Å². The van der Waals surface area contributed by atoms with Crippen LogP contribution in [0.5, 0.6) is 5.88 Å². The number of carbonyl (C=O) groups is 1. The van der Waals surface area contributed by atoms with E-state index >= 15 is 0 Å². The summed E-state index contributed by atoms with van der Waals surface area (Å²) in [5.41, 5.74) is 1.63. The Kier molecular flexibility index (Phi) is 4.68. The van der Waals surface area contributed by atoms with Crippen LogP contribution in [0.3, 0.4) is 0 Å². The Balaban J connectivity index is 1.83. The lowest BCUT2D eigenvalue weighted by molar-refractivity contribution is -0.120. The SMILES string of the molecule is CCC1C(=O)N(C)c2cnc(-c3ccnc(OC)c3)nc2N1C1CCCC1. The minimum Gasteiger partial charge on any atom is -0.481 e. The summed E-state index contributed by atoms with van der Waals surface area (Å²) in [6.07, 6.45) is 8.84. The summed E-state index contributed by atoms with van der Waals surface area (Å²) < 4.78 is 5.23. The number of aromatic nitrogens is 3. The smallest absolute Gasteiger partial charge is 0.249 e. The Morgan fingerprint density at radius 2 is 2.04 bits per heavy atom. The lowest BCUT2D eigenvalue weighted by atomic mass is 10.0. The number of carbonyl (C=O) groups excluding carboxylic acids is 1. The molecule has 0 bridgehead atoms. The van der Waals surface area contributed by atoms with Gasteiger partial charge in [0, 0.05) is 30.9 Å². The van der Waals surface area contributed by atoms with Gasteiger partial charge in [-0.3, -0.25) is 4.79 Å². The molecule has 7 nitrogen and oxygen atoms in total. The number of hydrogen-bond donors (Lipinski definition) is 0. The minimum atomic E-state index is -0.166. The Morgan fingerprint density at radius 1 is 1.26 bits per heavy atom. The first-order valence-corrected chi connectivity index (χ1v) is 9.57. The quantitative estimate of drug-likeness (QED) is 0.827. The van der Waals surface area contributed by atoms with Gasteiger partial charge in [0.2, 0.25) is 11.8 Å². The van der Waals surface area contributed by atoms with Gasteiger partial charge in [-0.15, -0.1) is 0 Å². The van der Waals surface area contributed by atoms with Gasteiger partial charge in [-0.2, -0.15) is 0 Å². The third-order valence-electron chi connectivity index (χ3n) is 5.61. The van der Waals surface area contributed by atoms with Crippen LogP contribution in [-0.4, -0.2) is 47.1 Å². The third-order valence-corrected chi connectivity index (χ3v) is 5.61. The van der Waals surface area contributed by atoms with E-state index in [4.69, 9.17) is 9.72 Å². The van der Waals surface area contributed by atoms with Gasteiger partial charge >= 0.3 is 0 Å². The number of rotatable bonds is 4. The van der Waals surface area contributed by atoms with Gasteiger partial charge in [0.25, 0.3) is 0 Å². The highest BCUT2D eigenvalue weighted by Gasteiger charge is 2.41. The van der Waals surface area contributed by atoms with E-state index < -0.39 is 0 Å². The molecule has 0 spiro atoms. The van der Waals surface area contributed by atoms with Crippen molar-refractivity contribution >= 4 is 17.4 Å². The second kappa shape index (κ2) is 7.13. The van der Waals surface area contributed by atoms with Gasteiger partial charge in [-0.05, 0) is 25.3 Å². The normalized spacial score (nSPS) is 20.1. The van der Waals surface area contributed by atoms with Crippen LogP contribution in [0, 0.1) is 0 Å². The minimum absolute atomic E-state index is 0.124. The van der Waals surface area contributed by atoms with Crippen molar-refractivity contribution in [2.75, 3.05) is 24.0 Å². The molecule has 2 aliphatic rings. The molecule has 142 valence electrons. The molecule has 1 aliphatic carbocycles. The van der Waals surface area contributed by atoms with E-state index in [0.29, 0.717) is 17.7 Å². The van der Waals surface area contributed by atoms with Crippen LogP contribution in [0.1, 0.15) is 39.0 Å². The van der Waals surface area contributed by atoms with Crippen molar-refractivity contribution in [3.05, 3.63) is 24.5 Å². The molecule has 1 aliphatic heterocycles. The zero-order chi connectivity index (χ0) is 19.0. The zero-order valence-corrected chi connectivity index (χ0v) is 16.1. The van der Waals surface area contributed by atoms with Crippen LogP contribution in [0.25, 0.3) is 11.4 Å². The number of amides is 1. The standard InChI is InChI=1S/C20H25N5O2/c1-4-15-20(26)24(2)16-12-22-18(13-9-10-21-17(11-13)27-3)23-19(16)25(15)14-7-5-6-8-14/h9-12,14-15H,4-8H2,1-3H3. The zero-order valence-electron chi connectivity index (χ0n) is 16.1. The molecule has 0 radical (unpaired) electrons. The molecule has 4 rings (SSSR count). The Labute approximate surface area is 159 Å². The van der Waals surface area contributed by atoms with Crippen LogP contribution >= 0.6 is 0 Å². The van der Waals surface area contributed by atoms with Crippen molar-refractivity contribution in [2.45, 2.75) is 51.1 Å². The monoisotopic (exact) mass is 367 g/mol. The van der Waals surface area contributed by atoms with Crippen LogP contribution in [-0.2, 0) is 4.79 Å². The fourth-order valence-corrected chi connectivity index (χ4v) is 4.18. The summed E-state index contributed by atoms with van der Waals surface area (Å²) in [4.78, 5) is 30.5. The summed E-state index contributed by atoms with van der Waals surface area (Å²) in [6, 6.07) is 3.90. The number of hydrogen-bond acceptors (Lipinski definition) is 6. The maximum absolute atomic E-state index is 12.9. The fraction of sp³-hybridized carbons (Fsp3) is 0.500. The molecule has 2 aromatic heterocycles. The molecule has 1 saturated carbocycles. The molecular formula is C20H25N5O2. The number of fused-ring (bicyclic) bond motifs is 1. The lowest BCUT2D eigenvalue weighted by Crippen LogP contribution is -2.55. The summed E-state index contributed by atoms with van der Waals surface area (Å²) in [7, 11) is 3.41. The second-order valence-electron chi connectivity index (χ2n) is 7.16. The Hall–Kier alpha value is -2.70. The van der Waals surface area contributed by atoms with Gasteiger partial charge < -0.3 is 14.5 Å². The average molecular weight is 367 g/mol. The number of nitrogens with zero attached hydrogens (tertiary/aromatic N) is 5. The number of pyridine rings is 1. The predicted molar refractivity (Wildman–Crippen MR) is 104 cm³/mol. The van der Waals surface area contributed by atoms with Crippen molar-refractivity contribution in [2.24, 2.45) is 0 Å². The largest absolute Gasteiger partial charge is 0.481 e. The highest BCUT2D eigenvalue weighted by Crippen LogP contribution is 2.40. The van der Waals surface area contributed by atoms with E-state index in [1.165, 1.54) is 12.8 Å². The summed E-state index contributed by atoms with van der Waals surface area (Å²) >= 11 is 0. The van der Waals surface area contributed by atoms with E-state index in [9.17, 15) is 4.79 Å². The van der Waals surface area contributed by atoms with Gasteiger partial charge in [0.1, 0.15) is 11.7 Å². The van der Waals surface area contributed by atoms with Crippen LogP contribution in [0.4, 0.5) is 11.5 Å². The molecular weight excluding hydrogens is 342 g/mol. The lowest BCUT2D eigenvalue weighted by Gasteiger charge is -2.43. The highest BCUT2D eigenvalue weighted by molar-refractivity contribution is 6.04. The number of likely N-dealkylation sites (N-methyl/N-ethyl adjacent to an activating group) is 1. The second-order valence-corrected chi connectivity index (χ2v) is 7.16. The number of ether oxygens (including phenoxy) is 1. The number of anilines is 2. The van der Waals surface area contributed by atoms with Gasteiger partial charge in [-0.25, -0.2) is 15.0 Å². The first kappa shape index (κ1) is 17.7. The molecule has 0 saturated heterocycles. The molecule has 1 atom stereocenters. The molecule has 0 N–H and O–H groups in total. The fourth-order valence-electron chi connectivity index (χ4n) is 4.18. The van der Waals surface area contributed by atoms with E-state index in [-0.39, 0.29) is 11.9 Å². The van der Waals surface area contributed by atoms with Gasteiger partial charge in [0.05, 0.1) is 13.3 Å². The number of methoxy groups -OCH3 is 1. The summed E-state index contributed by atoms with van der Waals surface area (Å²) in [6.45, 7) is 2.07. The topological polar surface area (TPSA) is 71.5 Å². The van der Waals surface area contributed by atoms with Crippen molar-refractivity contribution in [3.63, 3.8) is 0 Å². The maximum atomic E-state index is 12.9. The molecule has 1 unspecified atom stereocenters. The van der Waals surface area contributed by atoms with Crippen molar-refractivity contribution in [1.29, 1.82) is 0 Å². The van der Waals surface area contributed by atoms with Crippen LogP contribution in [0.15, 0.2) is 24.5 Å². The molecule has 0 aromatic carbocycles. The van der Waals surface area contributed by atoms with Gasteiger partial charge in [-0.1, -0.05) is 19.8 Å². The molecule has 3 heterocycles. The predicted octanol–water partition coefficient (Wildman–Crippen LogP) is 3.05. The van der Waals surface area contributed by atoms with E-state index in [2.05, 4.69) is 21.8 Å². The average Bonchev–Trinajstić information content (AvgIpc) is 3.24. The van der Waals surface area contributed by atoms with E-state index in [1.807, 2.05) is 19.2 Å². The summed E-state index contributed by atoms with van der Waals surface area (Å²) in [5.74, 6) is 2.13. The molecule has 1 amide bonds. The Morgan fingerprint density at radius 3 is 2.74 bits per heavy atom. The van der Waals surface area contributed by atoms with Crippen molar-refractivity contribution in [3.8, 4) is 17.3 Å². The van der Waals surface area contributed by atoms with E-state index in [1.54, 1.807) is 24.4 Å². The molecule has 2 aromatic rings. The van der Waals surface area contributed by atoms with E-state index in [0.717, 1.165) is 36.3 Å². The molecule has 7 heteroatoms. The third kappa shape index (κ3) is 3.01. The Bertz CT molecular complexity index is 850. The first-order valence-electron chi connectivity index (χ1n) is 9.57. The van der Waals surface area contributed by atoms with Crippen molar-refractivity contribution in [1.82, 2.24) is 15.0 Å². The summed E-state index contributed by atoms with van der Waals surface area (Å²) in [5, 5.41) is 0. The van der Waals surface area contributed by atoms with Gasteiger partial charge in [0.15, 0.2) is 11.6 Å². The van der Waals surface area contributed by atoms with Crippen LogP contribution in [0.2, 0.25) is 0 Å². The highest BCUT2D eigenvalue weighted by atomic mass is 16.5. The molecule has 27 heavy (non-hydrogen) atoms. The van der Waals surface area contributed by atoms with Crippen molar-refractivity contribution < 1.29 is 9.53 Å². The first-order chi connectivity index (χ1) is 13.1.